The molecule has 15 unspecified atom stereocenters. The maximum atomic E-state index is 12.7. The lowest BCUT2D eigenvalue weighted by Gasteiger charge is -2.44. The minimum Gasteiger partial charge on any atom is -0.571 e. The van der Waals surface area contributed by atoms with Gasteiger partial charge in [-0.3, -0.25) is 0 Å². The minimum absolute atomic E-state index is 0.00399. The number of benzene rings is 2. The van der Waals surface area contributed by atoms with Gasteiger partial charge in [0.2, 0.25) is 24.4 Å². The fourth-order valence-electron chi connectivity index (χ4n) is 7.13. The maximum absolute atomic E-state index is 12.7. The SMILES string of the molecule is O=C(C=Cc1ccc(O)cc1)OCC1OC(OC2=C(c3ccc(O)c(O)c3)[OH+]C3C=C(O)C=C(OC4OC(CO)C(O)C(O)C4O)C3=C2)C(OC2OCC(O)C(O)C2O)C(O)C1O. The third-order valence-electron chi connectivity index (χ3n) is 10.7. The number of carbonyl (C=O) groups is 1. The molecule has 0 radical (unpaired) electrons. The normalized spacial score (nSPS) is 35.8. The van der Waals surface area contributed by atoms with Crippen LogP contribution in [0.5, 0.6) is 17.2 Å². The highest BCUT2D eigenvalue weighted by Gasteiger charge is 2.52. The summed E-state index contributed by atoms with van der Waals surface area (Å²) in [5.41, 5.74) is 0.708. The van der Waals surface area contributed by atoms with Gasteiger partial charge in [-0.15, -0.1) is 0 Å². The number of aliphatic hydroxyl groups is 12. The molecule has 14 N–H and O–H groups in total. The number of rotatable bonds is 12. The molecular formula is C41H47O22+. The lowest BCUT2D eigenvalue weighted by molar-refractivity contribution is -0.351. The number of hydrogen-bond donors (Lipinski definition) is 13. The first-order valence-corrected chi connectivity index (χ1v) is 19.5. The smallest absolute Gasteiger partial charge is 0.330 e. The zero-order chi connectivity index (χ0) is 45.3. The van der Waals surface area contributed by atoms with Crippen LogP contribution in [-0.2, 0) is 38.0 Å². The summed E-state index contributed by atoms with van der Waals surface area (Å²) in [4.78, 5) is 12.7. The Labute approximate surface area is 356 Å². The molecule has 0 spiro atoms. The molecule has 0 amide bonds. The van der Waals surface area contributed by atoms with Crippen LogP contribution in [0.4, 0.5) is 0 Å². The van der Waals surface area contributed by atoms with Gasteiger partial charge in [-0.1, -0.05) is 12.1 Å². The Balaban J connectivity index is 1.23. The summed E-state index contributed by atoms with van der Waals surface area (Å²) >= 11 is 0. The van der Waals surface area contributed by atoms with Crippen LogP contribution in [0.1, 0.15) is 11.1 Å². The number of phenolic OH excluding ortho intramolecular Hbond substituents is 3. The third kappa shape index (κ3) is 9.93. The van der Waals surface area contributed by atoms with Crippen LogP contribution < -0.4 is 0 Å². The molecular weight excluding hydrogens is 844 g/mol. The molecule has 63 heavy (non-hydrogen) atoms. The molecule has 15 atom stereocenters. The van der Waals surface area contributed by atoms with Crippen LogP contribution in [0.25, 0.3) is 11.8 Å². The summed E-state index contributed by atoms with van der Waals surface area (Å²) in [6, 6.07) is 9.45. The van der Waals surface area contributed by atoms with E-state index in [0.29, 0.717) is 5.56 Å². The largest absolute Gasteiger partial charge is 0.571 e. The van der Waals surface area contributed by atoms with Gasteiger partial charge in [0.15, 0.2) is 23.9 Å². The molecule has 342 valence electrons. The van der Waals surface area contributed by atoms with Gasteiger partial charge in [0, 0.05) is 24.3 Å². The summed E-state index contributed by atoms with van der Waals surface area (Å²) in [6.45, 7) is -1.98. The molecule has 3 saturated heterocycles. The summed E-state index contributed by atoms with van der Waals surface area (Å²) < 4.78 is 45.1. The van der Waals surface area contributed by atoms with E-state index >= 15 is 0 Å². The summed E-state index contributed by atoms with van der Waals surface area (Å²) in [7, 11) is 0. The molecule has 1 aliphatic carbocycles. The molecule has 2 aromatic carbocycles. The molecule has 5 aliphatic rings. The van der Waals surface area contributed by atoms with Gasteiger partial charge in [0.25, 0.3) is 0 Å². The zero-order valence-electron chi connectivity index (χ0n) is 32.7. The van der Waals surface area contributed by atoms with Gasteiger partial charge in [-0.2, -0.15) is 0 Å². The highest BCUT2D eigenvalue weighted by Crippen LogP contribution is 2.41. The van der Waals surface area contributed by atoms with Gasteiger partial charge in [-0.05, 0) is 35.9 Å². The molecule has 7 rings (SSSR count). The minimum atomic E-state index is -1.98. The van der Waals surface area contributed by atoms with E-state index < -0.39 is 135 Å². The zero-order valence-corrected chi connectivity index (χ0v) is 32.7. The second-order valence-corrected chi connectivity index (χ2v) is 15.1. The highest BCUT2D eigenvalue weighted by molar-refractivity contribution is 5.87. The van der Waals surface area contributed by atoms with Gasteiger partial charge in [0.05, 0.1) is 30.4 Å². The number of hydrogen-bond acceptors (Lipinski definition) is 21. The van der Waals surface area contributed by atoms with E-state index in [4.69, 9.17) is 33.2 Å². The van der Waals surface area contributed by atoms with Crippen LogP contribution >= 0.6 is 0 Å². The van der Waals surface area contributed by atoms with E-state index in [2.05, 4.69) is 4.74 Å². The van der Waals surface area contributed by atoms with Gasteiger partial charge >= 0.3 is 11.7 Å². The molecule has 0 bridgehead atoms. The van der Waals surface area contributed by atoms with Crippen LogP contribution in [0.15, 0.2) is 89.6 Å². The van der Waals surface area contributed by atoms with Crippen molar-refractivity contribution in [1.82, 2.24) is 0 Å². The van der Waals surface area contributed by atoms with Crippen molar-refractivity contribution in [3.63, 3.8) is 0 Å². The van der Waals surface area contributed by atoms with Crippen LogP contribution in [0, 0.1) is 0 Å². The topological polar surface area (TPSA) is 357 Å². The first kappa shape index (κ1) is 45.7. The van der Waals surface area contributed by atoms with Crippen molar-refractivity contribution in [2.45, 2.75) is 92.1 Å². The number of fused-ring (bicyclic) bond motifs is 1. The van der Waals surface area contributed by atoms with E-state index in [1.54, 1.807) is 0 Å². The standard InChI is InChI=1S/C41H46O22/c42-13-27-31(50)33(52)36(55)40(61-27)59-25-11-19(44)10-24-20(25)12-26(37(58-24)17-4-7-21(45)22(46)9-17)60-41-38(63-39-35(54)30(49)23(47)14-57-39)34(53)32(51)28(62-41)15-56-29(48)8-3-16-1-5-18(43)6-2-16/h1-12,23-24,27-28,30-36,38-47,49-55H,13-15H2/p+1. The lowest BCUT2D eigenvalue weighted by Crippen LogP contribution is -2.63. The van der Waals surface area contributed by atoms with E-state index in [1.165, 1.54) is 48.6 Å². The molecule has 0 saturated carbocycles. The molecule has 4 heterocycles. The summed E-state index contributed by atoms with van der Waals surface area (Å²) in [5.74, 6) is -2.99. The van der Waals surface area contributed by atoms with Crippen molar-refractivity contribution in [3.8, 4) is 17.2 Å². The first-order valence-electron chi connectivity index (χ1n) is 19.5. The summed E-state index contributed by atoms with van der Waals surface area (Å²) in [6.07, 6.45) is -19.6. The number of ether oxygens (including phenoxy) is 8. The van der Waals surface area contributed by atoms with E-state index in [1.807, 2.05) is 0 Å². The van der Waals surface area contributed by atoms with Crippen molar-refractivity contribution in [2.24, 2.45) is 0 Å². The van der Waals surface area contributed by atoms with Crippen molar-refractivity contribution in [3.05, 3.63) is 101 Å². The monoisotopic (exact) mass is 891 g/mol. The Bertz CT molecular complexity index is 2110. The van der Waals surface area contributed by atoms with Crippen LogP contribution in [-0.4, -0.2) is 189 Å². The number of allylic oxidation sites excluding steroid dienone is 2. The van der Waals surface area contributed by atoms with Crippen LogP contribution in [0.3, 0.4) is 0 Å². The Morgan fingerprint density at radius 1 is 0.746 bits per heavy atom. The second kappa shape index (κ2) is 19.2. The fraction of sp³-hybridized carbons (Fsp3) is 0.439. The molecule has 0 aromatic heterocycles. The van der Waals surface area contributed by atoms with Crippen molar-refractivity contribution in [1.29, 1.82) is 0 Å². The maximum Gasteiger partial charge on any atom is 0.330 e. The van der Waals surface area contributed by atoms with Crippen molar-refractivity contribution >= 4 is 17.8 Å². The fourth-order valence-corrected chi connectivity index (χ4v) is 7.13. The Morgan fingerprint density at radius 2 is 1.44 bits per heavy atom. The molecule has 3 fully saturated rings. The van der Waals surface area contributed by atoms with Crippen molar-refractivity contribution < 1.29 is 109 Å². The average Bonchev–Trinajstić information content (AvgIpc) is 3.26. The van der Waals surface area contributed by atoms with E-state index in [0.717, 1.165) is 24.3 Å². The number of esters is 1. The molecule has 4 aliphatic heterocycles. The van der Waals surface area contributed by atoms with E-state index in [-0.39, 0.29) is 34.2 Å². The Kier molecular flexibility index (Phi) is 13.9. The van der Waals surface area contributed by atoms with Gasteiger partial charge in [0.1, 0.15) is 84.9 Å². The number of aromatic hydroxyl groups is 3. The third-order valence-corrected chi connectivity index (χ3v) is 10.7. The average molecular weight is 892 g/mol. The summed E-state index contributed by atoms with van der Waals surface area (Å²) in [5, 5.41) is 136. The lowest BCUT2D eigenvalue weighted by atomic mass is 9.96. The number of carbonyl (C=O) groups excluding carboxylic acids is 1. The molecule has 22 nitrogen and oxygen atoms in total. The predicted octanol–water partition coefficient (Wildman–Crippen LogP) is -2.99. The van der Waals surface area contributed by atoms with Gasteiger partial charge < -0.3 is 104 Å². The number of aliphatic hydroxyl groups excluding tert-OH is 10. The molecule has 22 heteroatoms. The molecule has 2 aromatic rings. The predicted molar refractivity (Wildman–Crippen MR) is 207 cm³/mol. The highest BCUT2D eigenvalue weighted by atomic mass is 16.8. The van der Waals surface area contributed by atoms with Gasteiger partial charge in [-0.25, -0.2) is 4.79 Å². The first-order chi connectivity index (χ1) is 30.0. The van der Waals surface area contributed by atoms with Crippen LogP contribution in [0.2, 0.25) is 0 Å². The van der Waals surface area contributed by atoms with E-state index in [9.17, 15) is 71.2 Å². The quantitative estimate of drug-likeness (QED) is 0.0437. The second-order valence-electron chi connectivity index (χ2n) is 15.1. The number of phenols is 3. The Morgan fingerprint density at radius 3 is 2.16 bits per heavy atom. The Hall–Kier alpha value is -5.31. The van der Waals surface area contributed by atoms with Crippen molar-refractivity contribution in [2.75, 3.05) is 19.8 Å².